The van der Waals surface area contributed by atoms with E-state index < -0.39 is 24.3 Å². The second kappa shape index (κ2) is 14.2. The Kier molecular flexibility index (Phi) is 13.3. The van der Waals surface area contributed by atoms with E-state index in [0.29, 0.717) is 19.3 Å². The maximum Gasteiger partial charge on any atom is 0.327 e. The van der Waals surface area contributed by atoms with Crippen LogP contribution in [0.3, 0.4) is 0 Å². The van der Waals surface area contributed by atoms with Gasteiger partial charge in [-0.1, -0.05) is 50.1 Å². The number of rotatable bonds is 13. The molecule has 0 saturated carbocycles. The summed E-state index contributed by atoms with van der Waals surface area (Å²) < 4.78 is 0. The maximum atomic E-state index is 10.3. The Labute approximate surface area is 138 Å². The summed E-state index contributed by atoms with van der Waals surface area (Å²) in [6, 6.07) is 0. The number of aliphatic hydroxyl groups excluding tert-OH is 3. The predicted octanol–water partition coefficient (Wildman–Crippen LogP) is 2.57. The Hall–Kier alpha value is -1.43. The zero-order valence-electron chi connectivity index (χ0n) is 13.8. The molecule has 3 unspecified atom stereocenters. The normalized spacial score (nSPS) is 16.3. The minimum Gasteiger partial charge on any atom is -0.478 e. The number of hydrogen-bond donors (Lipinski definition) is 4. The highest BCUT2D eigenvalue weighted by Crippen LogP contribution is 2.09. The Morgan fingerprint density at radius 1 is 1.00 bits per heavy atom. The van der Waals surface area contributed by atoms with Gasteiger partial charge in [-0.25, -0.2) is 4.79 Å². The zero-order chi connectivity index (χ0) is 17.5. The van der Waals surface area contributed by atoms with Crippen LogP contribution in [0.2, 0.25) is 0 Å². The number of allylic oxidation sites excluding steroid dienone is 2. The first-order valence-electron chi connectivity index (χ1n) is 8.24. The van der Waals surface area contributed by atoms with E-state index in [0.717, 1.165) is 31.8 Å². The van der Waals surface area contributed by atoms with Gasteiger partial charge in [0.25, 0.3) is 0 Å². The van der Waals surface area contributed by atoms with Crippen LogP contribution in [0.15, 0.2) is 36.5 Å². The van der Waals surface area contributed by atoms with Crippen molar-refractivity contribution in [2.75, 3.05) is 0 Å². The number of carbonyl (C=O) groups is 1. The van der Waals surface area contributed by atoms with Crippen LogP contribution in [-0.2, 0) is 4.79 Å². The highest BCUT2D eigenvalue weighted by Gasteiger charge is 2.11. The van der Waals surface area contributed by atoms with E-state index in [1.54, 1.807) is 6.08 Å². The average Bonchev–Trinajstić information content (AvgIpc) is 2.51. The van der Waals surface area contributed by atoms with E-state index >= 15 is 0 Å². The predicted molar refractivity (Wildman–Crippen MR) is 91.1 cm³/mol. The van der Waals surface area contributed by atoms with E-state index in [4.69, 9.17) is 5.11 Å². The van der Waals surface area contributed by atoms with E-state index in [9.17, 15) is 20.1 Å². The molecule has 23 heavy (non-hydrogen) atoms. The van der Waals surface area contributed by atoms with Crippen LogP contribution >= 0.6 is 0 Å². The van der Waals surface area contributed by atoms with Gasteiger partial charge >= 0.3 is 5.97 Å². The largest absolute Gasteiger partial charge is 0.478 e. The molecule has 0 rings (SSSR count). The monoisotopic (exact) mass is 326 g/mol. The molecular weight excluding hydrogens is 296 g/mol. The fourth-order valence-corrected chi connectivity index (χ4v) is 1.98. The number of unbranched alkanes of at least 4 members (excludes halogenated alkanes) is 3. The van der Waals surface area contributed by atoms with Crippen molar-refractivity contribution < 1.29 is 25.2 Å². The van der Waals surface area contributed by atoms with Gasteiger partial charge in [-0.05, 0) is 32.1 Å². The van der Waals surface area contributed by atoms with Crippen molar-refractivity contribution in [1.82, 2.24) is 0 Å². The molecule has 0 spiro atoms. The van der Waals surface area contributed by atoms with Gasteiger partial charge in [-0.2, -0.15) is 0 Å². The Bertz CT molecular complexity index is 387. The van der Waals surface area contributed by atoms with Crippen LogP contribution in [-0.4, -0.2) is 44.7 Å². The summed E-state index contributed by atoms with van der Waals surface area (Å²) in [5.74, 6) is -0.934. The van der Waals surface area contributed by atoms with Crippen molar-refractivity contribution in [3.63, 3.8) is 0 Å². The first-order chi connectivity index (χ1) is 11.0. The third-order valence-electron chi connectivity index (χ3n) is 3.34. The lowest BCUT2D eigenvalue weighted by Crippen LogP contribution is -2.23. The molecule has 0 aromatic heterocycles. The lowest BCUT2D eigenvalue weighted by molar-refractivity contribution is -0.131. The molecule has 5 heteroatoms. The number of carboxylic acids is 1. The smallest absolute Gasteiger partial charge is 0.327 e. The number of aliphatic hydroxyl groups is 3. The lowest BCUT2D eigenvalue weighted by Gasteiger charge is -2.13. The number of aliphatic carboxylic acids is 1. The van der Waals surface area contributed by atoms with E-state index in [2.05, 4.69) is 0 Å². The molecule has 0 aliphatic carbocycles. The average molecular weight is 326 g/mol. The summed E-state index contributed by atoms with van der Waals surface area (Å²) in [6.45, 7) is 2.00. The molecular formula is C18H30O5. The van der Waals surface area contributed by atoms with Crippen LogP contribution in [0.5, 0.6) is 0 Å². The molecule has 0 amide bonds. The van der Waals surface area contributed by atoms with Crippen molar-refractivity contribution >= 4 is 5.97 Å². The first-order valence-corrected chi connectivity index (χ1v) is 8.24. The Morgan fingerprint density at radius 2 is 1.74 bits per heavy atom. The van der Waals surface area contributed by atoms with Crippen molar-refractivity contribution in [1.29, 1.82) is 0 Å². The second-order valence-electron chi connectivity index (χ2n) is 5.50. The van der Waals surface area contributed by atoms with Crippen LogP contribution in [0.1, 0.15) is 51.9 Å². The van der Waals surface area contributed by atoms with Gasteiger partial charge in [0.05, 0.1) is 18.3 Å². The standard InChI is InChI=1S/C18H30O5/c1-2-3-7-11-16(20)17(21)14-13-15(19)10-8-5-4-6-9-12-18(22)23/h3,7,9,12-17,19-21H,2,4-6,8,10-11H2,1H3,(H,22,23)/b7-3+,12-9+,14-13+. The number of hydrogen-bond acceptors (Lipinski definition) is 4. The Balaban J connectivity index is 3.80. The third kappa shape index (κ3) is 13.9. The second-order valence-corrected chi connectivity index (χ2v) is 5.50. The van der Waals surface area contributed by atoms with Gasteiger partial charge in [0, 0.05) is 6.08 Å². The van der Waals surface area contributed by atoms with Crippen LogP contribution in [0.25, 0.3) is 0 Å². The highest BCUT2D eigenvalue weighted by atomic mass is 16.4. The summed E-state index contributed by atoms with van der Waals surface area (Å²) in [5, 5.41) is 37.7. The van der Waals surface area contributed by atoms with Crippen LogP contribution < -0.4 is 0 Å². The molecule has 4 N–H and O–H groups in total. The number of carboxylic acid groups (broad SMARTS) is 1. The van der Waals surface area contributed by atoms with Gasteiger partial charge in [-0.3, -0.25) is 0 Å². The minimum absolute atomic E-state index is 0.388. The molecule has 0 saturated heterocycles. The molecule has 5 nitrogen and oxygen atoms in total. The summed E-state index contributed by atoms with van der Waals surface area (Å²) >= 11 is 0. The van der Waals surface area contributed by atoms with E-state index in [1.165, 1.54) is 12.2 Å². The molecule has 0 bridgehead atoms. The van der Waals surface area contributed by atoms with Crippen molar-refractivity contribution in [2.45, 2.75) is 70.2 Å². The topological polar surface area (TPSA) is 98.0 Å². The van der Waals surface area contributed by atoms with Crippen molar-refractivity contribution in [3.8, 4) is 0 Å². The summed E-state index contributed by atoms with van der Waals surface area (Å²) in [4.78, 5) is 10.3. The van der Waals surface area contributed by atoms with E-state index in [1.807, 2.05) is 19.1 Å². The molecule has 0 aliphatic heterocycles. The molecule has 0 aromatic rings. The van der Waals surface area contributed by atoms with Gasteiger partial charge in [-0.15, -0.1) is 0 Å². The molecule has 132 valence electrons. The molecule has 0 fully saturated rings. The van der Waals surface area contributed by atoms with Crippen molar-refractivity contribution in [3.05, 3.63) is 36.5 Å². The van der Waals surface area contributed by atoms with Gasteiger partial charge in [0.2, 0.25) is 0 Å². The van der Waals surface area contributed by atoms with Gasteiger partial charge < -0.3 is 20.4 Å². The lowest BCUT2D eigenvalue weighted by atomic mass is 10.1. The summed E-state index contributed by atoms with van der Waals surface area (Å²) in [5.41, 5.74) is 0. The Morgan fingerprint density at radius 3 is 2.39 bits per heavy atom. The molecule has 0 aliphatic rings. The SMILES string of the molecule is CC/C=C/CC(O)C(O)/C=C/C(O)CCCCC/C=C/C(=O)O. The fourth-order valence-electron chi connectivity index (χ4n) is 1.98. The highest BCUT2D eigenvalue weighted by molar-refractivity contribution is 5.79. The van der Waals surface area contributed by atoms with Crippen LogP contribution in [0.4, 0.5) is 0 Å². The third-order valence-corrected chi connectivity index (χ3v) is 3.34. The van der Waals surface area contributed by atoms with Crippen LogP contribution in [0, 0.1) is 0 Å². The van der Waals surface area contributed by atoms with Crippen molar-refractivity contribution in [2.24, 2.45) is 0 Å². The summed E-state index contributed by atoms with van der Waals surface area (Å²) in [7, 11) is 0. The zero-order valence-corrected chi connectivity index (χ0v) is 13.8. The minimum atomic E-state index is -0.979. The molecule has 0 heterocycles. The molecule has 0 aromatic carbocycles. The molecule has 0 radical (unpaired) electrons. The van der Waals surface area contributed by atoms with Gasteiger partial charge in [0.1, 0.15) is 0 Å². The fraction of sp³-hybridized carbons (Fsp3) is 0.611. The summed E-state index contributed by atoms with van der Waals surface area (Å²) in [6.07, 6.45) is 12.2. The van der Waals surface area contributed by atoms with Gasteiger partial charge in [0.15, 0.2) is 0 Å². The first kappa shape index (κ1) is 21.6. The van der Waals surface area contributed by atoms with E-state index in [-0.39, 0.29) is 0 Å². The quantitative estimate of drug-likeness (QED) is 0.237. The maximum absolute atomic E-state index is 10.3. The molecule has 3 atom stereocenters.